The Kier molecular flexibility index (Phi) is 4.81. The van der Waals surface area contributed by atoms with Crippen LogP contribution in [0.3, 0.4) is 0 Å². The lowest BCUT2D eigenvalue weighted by Crippen LogP contribution is -2.56. The van der Waals surface area contributed by atoms with Crippen LogP contribution in [0.5, 0.6) is 0 Å². The number of ether oxygens (including phenoxy) is 2. The molecular weight excluding hydrogens is 337 g/mol. The van der Waals surface area contributed by atoms with Crippen LogP contribution in [0.15, 0.2) is 18.3 Å². The van der Waals surface area contributed by atoms with Gasteiger partial charge < -0.3 is 19.7 Å². The van der Waals surface area contributed by atoms with Gasteiger partial charge in [-0.3, -0.25) is 0 Å². The first-order valence-electron chi connectivity index (χ1n) is 5.78. The predicted molar refractivity (Wildman–Crippen MR) is 73.2 cm³/mol. The van der Waals surface area contributed by atoms with Crippen LogP contribution in [0.1, 0.15) is 12.0 Å². The molecule has 0 saturated carbocycles. The van der Waals surface area contributed by atoms with Gasteiger partial charge in [-0.05, 0) is 6.07 Å². The quantitative estimate of drug-likeness (QED) is 0.636. The first kappa shape index (κ1) is 15.2. The molecule has 106 valence electrons. The smallest absolute Gasteiger partial charge is 0.160 e. The minimum atomic E-state index is -1.48. The summed E-state index contributed by atoms with van der Waals surface area (Å²) in [7, 11) is 1.49. The van der Waals surface area contributed by atoms with E-state index in [0.717, 1.165) is 0 Å². The van der Waals surface area contributed by atoms with Gasteiger partial charge in [0, 0.05) is 30.6 Å². The second kappa shape index (κ2) is 6.03. The third-order valence-corrected chi connectivity index (χ3v) is 4.15. The van der Waals surface area contributed by atoms with Crippen LogP contribution in [0.2, 0.25) is 5.15 Å². The Labute approximate surface area is 124 Å². The molecule has 1 saturated heterocycles. The first-order chi connectivity index (χ1) is 9.01. The standard InChI is InChI=1S/C12H15BrClNO4/c1-18-10-4-12(17,11(16)8(5-13)19-10)7-2-3-9(14)15-6-7/h2-3,6,8,10-11,16-17H,4-5H2,1H3/t8-,10+,11-,12-/m1/s1. The molecule has 1 aliphatic heterocycles. The van der Waals surface area contributed by atoms with Gasteiger partial charge in [0.15, 0.2) is 6.29 Å². The summed E-state index contributed by atoms with van der Waals surface area (Å²) >= 11 is 8.99. The van der Waals surface area contributed by atoms with Crippen LogP contribution in [-0.2, 0) is 15.1 Å². The number of alkyl halides is 1. The molecule has 1 fully saturated rings. The molecule has 2 rings (SSSR count). The third-order valence-electron chi connectivity index (χ3n) is 3.29. The zero-order chi connectivity index (χ0) is 14.0. The summed E-state index contributed by atoms with van der Waals surface area (Å²) in [5.41, 5.74) is -0.990. The third kappa shape index (κ3) is 2.94. The van der Waals surface area contributed by atoms with E-state index in [4.69, 9.17) is 21.1 Å². The second-order valence-corrected chi connectivity index (χ2v) is 5.47. The van der Waals surface area contributed by atoms with E-state index >= 15 is 0 Å². The lowest BCUT2D eigenvalue weighted by atomic mass is 9.81. The van der Waals surface area contributed by atoms with E-state index in [0.29, 0.717) is 16.0 Å². The zero-order valence-electron chi connectivity index (χ0n) is 10.3. The Morgan fingerprint density at radius 1 is 1.63 bits per heavy atom. The number of rotatable bonds is 3. The van der Waals surface area contributed by atoms with Crippen LogP contribution >= 0.6 is 27.5 Å². The van der Waals surface area contributed by atoms with Crippen molar-refractivity contribution in [3.8, 4) is 0 Å². The molecule has 0 radical (unpaired) electrons. The Balaban J connectivity index is 2.34. The van der Waals surface area contributed by atoms with Crippen molar-refractivity contribution in [3.63, 3.8) is 0 Å². The molecular formula is C12H15BrClNO4. The van der Waals surface area contributed by atoms with Gasteiger partial charge >= 0.3 is 0 Å². The highest BCUT2D eigenvalue weighted by Crippen LogP contribution is 2.38. The van der Waals surface area contributed by atoms with Gasteiger partial charge in [-0.1, -0.05) is 33.6 Å². The lowest BCUT2D eigenvalue weighted by Gasteiger charge is -2.44. The van der Waals surface area contributed by atoms with Gasteiger partial charge in [-0.2, -0.15) is 0 Å². The van der Waals surface area contributed by atoms with Crippen molar-refractivity contribution in [1.82, 2.24) is 4.98 Å². The molecule has 5 nitrogen and oxygen atoms in total. The maximum absolute atomic E-state index is 10.8. The van der Waals surface area contributed by atoms with Gasteiger partial charge in [-0.25, -0.2) is 4.98 Å². The van der Waals surface area contributed by atoms with Gasteiger partial charge in [0.05, 0.1) is 6.10 Å². The normalized spacial score (nSPS) is 35.3. The van der Waals surface area contributed by atoms with Crippen molar-refractivity contribution in [2.45, 2.75) is 30.5 Å². The number of aliphatic hydroxyl groups is 2. The van der Waals surface area contributed by atoms with Crippen molar-refractivity contribution in [1.29, 1.82) is 0 Å². The Hall–Kier alpha value is -0.240. The average molecular weight is 353 g/mol. The van der Waals surface area contributed by atoms with Crippen molar-refractivity contribution in [2.24, 2.45) is 0 Å². The van der Waals surface area contributed by atoms with Crippen molar-refractivity contribution in [3.05, 3.63) is 29.0 Å². The number of pyridine rings is 1. The summed E-state index contributed by atoms with van der Waals surface area (Å²) in [5.74, 6) is 0. The maximum Gasteiger partial charge on any atom is 0.160 e. The highest BCUT2D eigenvalue weighted by atomic mass is 79.9. The summed E-state index contributed by atoms with van der Waals surface area (Å²) in [4.78, 5) is 3.94. The minimum absolute atomic E-state index is 0.122. The van der Waals surface area contributed by atoms with Gasteiger partial charge in [0.1, 0.15) is 16.9 Å². The Morgan fingerprint density at radius 2 is 2.37 bits per heavy atom. The lowest BCUT2D eigenvalue weighted by molar-refractivity contribution is -0.272. The highest BCUT2D eigenvalue weighted by Gasteiger charge is 2.49. The van der Waals surface area contributed by atoms with Crippen LogP contribution in [0, 0.1) is 0 Å². The molecule has 2 heterocycles. The summed E-state index contributed by atoms with van der Waals surface area (Å²) in [6, 6.07) is 3.21. The number of aliphatic hydroxyl groups excluding tert-OH is 1. The average Bonchev–Trinajstić information content (AvgIpc) is 2.42. The summed E-state index contributed by atoms with van der Waals surface area (Å²) in [5, 5.41) is 21.8. The molecule has 1 aromatic rings. The number of hydrogen-bond donors (Lipinski definition) is 2. The van der Waals surface area contributed by atoms with Crippen molar-refractivity contribution in [2.75, 3.05) is 12.4 Å². The van der Waals surface area contributed by atoms with E-state index in [-0.39, 0.29) is 6.42 Å². The molecule has 7 heteroatoms. The van der Waals surface area contributed by atoms with E-state index in [2.05, 4.69) is 20.9 Å². The maximum atomic E-state index is 10.8. The molecule has 0 aliphatic carbocycles. The van der Waals surface area contributed by atoms with Crippen LogP contribution in [0.4, 0.5) is 0 Å². The first-order valence-corrected chi connectivity index (χ1v) is 7.28. The zero-order valence-corrected chi connectivity index (χ0v) is 12.6. The van der Waals surface area contributed by atoms with Gasteiger partial charge in [0.2, 0.25) is 0 Å². The molecule has 0 bridgehead atoms. The van der Waals surface area contributed by atoms with E-state index in [1.807, 2.05) is 0 Å². The highest BCUT2D eigenvalue weighted by molar-refractivity contribution is 9.09. The Bertz CT molecular complexity index is 432. The van der Waals surface area contributed by atoms with Crippen molar-refractivity contribution >= 4 is 27.5 Å². The number of halogens is 2. The van der Waals surface area contributed by atoms with Gasteiger partial charge in [-0.15, -0.1) is 0 Å². The fourth-order valence-electron chi connectivity index (χ4n) is 2.18. The molecule has 2 N–H and O–H groups in total. The number of methoxy groups -OCH3 is 1. The fraction of sp³-hybridized carbons (Fsp3) is 0.583. The molecule has 0 unspecified atom stereocenters. The van der Waals surface area contributed by atoms with E-state index < -0.39 is 24.1 Å². The Morgan fingerprint density at radius 3 is 2.89 bits per heavy atom. The summed E-state index contributed by atoms with van der Waals surface area (Å²) in [6.07, 6.45) is -0.668. The predicted octanol–water partition coefficient (Wildman–Crippen LogP) is 1.44. The van der Waals surface area contributed by atoms with Crippen LogP contribution in [0.25, 0.3) is 0 Å². The molecule has 0 amide bonds. The molecule has 1 aliphatic rings. The summed E-state index contributed by atoms with van der Waals surface area (Å²) < 4.78 is 10.7. The molecule has 4 atom stereocenters. The fourth-order valence-corrected chi connectivity index (χ4v) is 2.80. The van der Waals surface area contributed by atoms with E-state index in [9.17, 15) is 10.2 Å². The second-order valence-electron chi connectivity index (χ2n) is 4.44. The summed E-state index contributed by atoms with van der Waals surface area (Å²) in [6.45, 7) is 0. The number of nitrogens with zero attached hydrogens (tertiary/aromatic N) is 1. The molecule has 0 spiro atoms. The van der Waals surface area contributed by atoms with Gasteiger partial charge in [0.25, 0.3) is 0 Å². The van der Waals surface area contributed by atoms with E-state index in [1.165, 1.54) is 13.3 Å². The number of hydrogen-bond acceptors (Lipinski definition) is 5. The van der Waals surface area contributed by atoms with Crippen LogP contribution in [-0.4, -0.2) is 46.1 Å². The molecule has 0 aromatic carbocycles. The topological polar surface area (TPSA) is 71.8 Å². The van der Waals surface area contributed by atoms with E-state index in [1.54, 1.807) is 12.1 Å². The largest absolute Gasteiger partial charge is 0.387 e. The monoisotopic (exact) mass is 351 g/mol. The SMILES string of the molecule is CO[C@@H]1C[C@@](O)(c2ccc(Cl)nc2)[C@H](O)[C@@H](CBr)O1. The van der Waals surface area contributed by atoms with Crippen LogP contribution < -0.4 is 0 Å². The molecule has 1 aromatic heterocycles. The van der Waals surface area contributed by atoms with Crippen molar-refractivity contribution < 1.29 is 19.7 Å². The molecule has 19 heavy (non-hydrogen) atoms. The minimum Gasteiger partial charge on any atom is -0.387 e. The number of aromatic nitrogens is 1.